The number of anilines is 1. The van der Waals surface area contributed by atoms with Crippen LogP contribution >= 0.6 is 0 Å². The van der Waals surface area contributed by atoms with Crippen molar-refractivity contribution in [2.75, 3.05) is 18.9 Å². The van der Waals surface area contributed by atoms with Crippen molar-refractivity contribution in [1.82, 2.24) is 9.88 Å². The van der Waals surface area contributed by atoms with E-state index < -0.39 is 12.0 Å². The van der Waals surface area contributed by atoms with Gasteiger partial charge in [-0.15, -0.1) is 0 Å². The van der Waals surface area contributed by atoms with Gasteiger partial charge >= 0.3 is 5.97 Å². The maximum absolute atomic E-state index is 12.3. The van der Waals surface area contributed by atoms with Crippen molar-refractivity contribution in [1.29, 1.82) is 0 Å². The van der Waals surface area contributed by atoms with Crippen molar-refractivity contribution < 1.29 is 14.7 Å². The van der Waals surface area contributed by atoms with Gasteiger partial charge in [-0.1, -0.05) is 6.07 Å². The molecule has 2 aromatic rings. The molecule has 2 N–H and O–H groups in total. The summed E-state index contributed by atoms with van der Waals surface area (Å²) in [5.74, 6) is -1.05. The number of fused-ring (bicyclic) bond motifs is 1. The number of aliphatic carboxylic acids is 1. The number of carbonyl (C=O) groups excluding carboxylic acids is 1. The van der Waals surface area contributed by atoms with Gasteiger partial charge in [0.05, 0.1) is 23.7 Å². The van der Waals surface area contributed by atoms with Crippen LogP contribution < -0.4 is 5.32 Å². The van der Waals surface area contributed by atoms with Gasteiger partial charge < -0.3 is 10.4 Å². The van der Waals surface area contributed by atoms with Crippen molar-refractivity contribution in [3.05, 3.63) is 36.5 Å². The van der Waals surface area contributed by atoms with E-state index in [-0.39, 0.29) is 12.3 Å². The van der Waals surface area contributed by atoms with Crippen LogP contribution in [-0.2, 0) is 9.59 Å². The molecule has 1 aromatic carbocycles. The van der Waals surface area contributed by atoms with E-state index >= 15 is 0 Å². The van der Waals surface area contributed by atoms with Crippen LogP contribution in [0.5, 0.6) is 0 Å². The molecule has 0 aliphatic heterocycles. The van der Waals surface area contributed by atoms with E-state index in [2.05, 4.69) is 10.3 Å². The summed E-state index contributed by atoms with van der Waals surface area (Å²) in [6.45, 7) is 2.07. The largest absolute Gasteiger partial charge is 0.481 e. The van der Waals surface area contributed by atoms with Crippen LogP contribution in [0, 0.1) is 0 Å². The summed E-state index contributed by atoms with van der Waals surface area (Å²) < 4.78 is 0. The number of carbonyl (C=O) groups is 2. The standard InChI is InChI=1S/C16H19N3O3/c1-11(19(2)10-8-15(20)21)16(22)18-14-7-3-6-13-12(14)5-4-9-17-13/h3-7,9,11H,8,10H2,1-2H3,(H,18,22)(H,20,21). The zero-order valence-electron chi connectivity index (χ0n) is 12.6. The highest BCUT2D eigenvalue weighted by Crippen LogP contribution is 2.21. The minimum absolute atomic E-state index is 0.00626. The molecule has 0 radical (unpaired) electrons. The predicted octanol–water partition coefficient (Wildman–Crippen LogP) is 1.97. The molecule has 0 saturated carbocycles. The van der Waals surface area contributed by atoms with Crippen LogP contribution in [0.3, 0.4) is 0 Å². The lowest BCUT2D eigenvalue weighted by atomic mass is 10.1. The number of carboxylic acid groups (broad SMARTS) is 1. The Morgan fingerprint density at radius 3 is 2.82 bits per heavy atom. The Morgan fingerprint density at radius 1 is 1.32 bits per heavy atom. The van der Waals surface area contributed by atoms with Gasteiger partial charge in [0.25, 0.3) is 0 Å². The Bertz CT molecular complexity index is 682. The molecular weight excluding hydrogens is 282 g/mol. The van der Waals surface area contributed by atoms with Crippen molar-refractivity contribution in [2.24, 2.45) is 0 Å². The molecule has 6 heteroatoms. The summed E-state index contributed by atoms with van der Waals surface area (Å²) in [5.41, 5.74) is 1.52. The molecule has 1 aromatic heterocycles. The SMILES string of the molecule is CC(C(=O)Nc1cccc2ncccc12)N(C)CCC(=O)O. The van der Waals surface area contributed by atoms with Crippen LogP contribution in [-0.4, -0.2) is 46.5 Å². The number of benzene rings is 1. The zero-order valence-corrected chi connectivity index (χ0v) is 12.6. The van der Waals surface area contributed by atoms with E-state index in [4.69, 9.17) is 5.11 Å². The first-order chi connectivity index (χ1) is 10.5. The fraction of sp³-hybridized carbons (Fsp3) is 0.312. The van der Waals surface area contributed by atoms with E-state index in [1.807, 2.05) is 30.3 Å². The number of pyridine rings is 1. The summed E-state index contributed by atoms with van der Waals surface area (Å²) in [6.07, 6.45) is 1.71. The highest BCUT2D eigenvalue weighted by atomic mass is 16.4. The van der Waals surface area contributed by atoms with Crippen molar-refractivity contribution >= 4 is 28.5 Å². The molecule has 22 heavy (non-hydrogen) atoms. The molecule has 1 heterocycles. The van der Waals surface area contributed by atoms with Gasteiger partial charge in [-0.25, -0.2) is 0 Å². The van der Waals surface area contributed by atoms with Gasteiger partial charge in [0.1, 0.15) is 0 Å². The van der Waals surface area contributed by atoms with E-state index in [1.165, 1.54) is 0 Å². The molecule has 0 aliphatic carbocycles. The maximum atomic E-state index is 12.3. The first-order valence-corrected chi connectivity index (χ1v) is 7.05. The molecule has 0 bridgehead atoms. The van der Waals surface area contributed by atoms with Gasteiger partial charge in [-0.2, -0.15) is 0 Å². The molecule has 0 fully saturated rings. The monoisotopic (exact) mass is 301 g/mol. The summed E-state index contributed by atoms with van der Waals surface area (Å²) in [7, 11) is 1.73. The summed E-state index contributed by atoms with van der Waals surface area (Å²) in [6, 6.07) is 8.84. The Hall–Kier alpha value is -2.47. The number of nitrogens with zero attached hydrogens (tertiary/aromatic N) is 2. The number of hydrogen-bond donors (Lipinski definition) is 2. The molecular formula is C16H19N3O3. The average molecular weight is 301 g/mol. The molecule has 116 valence electrons. The molecule has 0 aliphatic rings. The number of likely N-dealkylation sites (N-methyl/N-ethyl adjacent to an activating group) is 1. The summed E-state index contributed by atoms with van der Waals surface area (Å²) in [5, 5.41) is 12.5. The number of carboxylic acids is 1. The van der Waals surface area contributed by atoms with Crippen LogP contribution in [0.25, 0.3) is 10.9 Å². The van der Waals surface area contributed by atoms with Crippen LogP contribution in [0.15, 0.2) is 36.5 Å². The summed E-state index contributed by atoms with van der Waals surface area (Å²) >= 11 is 0. The second kappa shape index (κ2) is 7.00. The third kappa shape index (κ3) is 3.79. The Balaban J connectivity index is 2.08. The van der Waals surface area contributed by atoms with Crippen LogP contribution in [0.1, 0.15) is 13.3 Å². The van der Waals surface area contributed by atoms with Gasteiger partial charge in [0.15, 0.2) is 0 Å². The van der Waals surface area contributed by atoms with Gasteiger partial charge in [-0.3, -0.25) is 19.5 Å². The maximum Gasteiger partial charge on any atom is 0.304 e. The molecule has 1 atom stereocenters. The third-order valence-electron chi connectivity index (χ3n) is 3.62. The number of hydrogen-bond acceptors (Lipinski definition) is 4. The fourth-order valence-electron chi connectivity index (χ4n) is 2.12. The second-order valence-electron chi connectivity index (χ2n) is 5.17. The minimum atomic E-state index is -0.875. The van der Waals surface area contributed by atoms with E-state index in [1.54, 1.807) is 25.1 Å². The normalized spacial score (nSPS) is 12.3. The van der Waals surface area contributed by atoms with Crippen molar-refractivity contribution in [3.63, 3.8) is 0 Å². The van der Waals surface area contributed by atoms with Crippen LogP contribution in [0.4, 0.5) is 5.69 Å². The first-order valence-electron chi connectivity index (χ1n) is 7.05. The molecule has 1 unspecified atom stereocenters. The number of amides is 1. The van der Waals surface area contributed by atoms with Gasteiger partial charge in [0.2, 0.25) is 5.91 Å². The molecule has 1 amide bonds. The average Bonchev–Trinajstić information content (AvgIpc) is 2.52. The molecule has 2 rings (SSSR count). The summed E-state index contributed by atoms with van der Waals surface area (Å²) in [4.78, 5) is 28.9. The lowest BCUT2D eigenvalue weighted by Gasteiger charge is -2.23. The third-order valence-corrected chi connectivity index (χ3v) is 3.62. The fourth-order valence-corrected chi connectivity index (χ4v) is 2.12. The van der Waals surface area contributed by atoms with E-state index in [9.17, 15) is 9.59 Å². The molecule has 0 saturated heterocycles. The Kier molecular flexibility index (Phi) is 5.06. The van der Waals surface area contributed by atoms with Crippen molar-refractivity contribution in [2.45, 2.75) is 19.4 Å². The van der Waals surface area contributed by atoms with Crippen LogP contribution in [0.2, 0.25) is 0 Å². The molecule has 6 nitrogen and oxygen atoms in total. The smallest absolute Gasteiger partial charge is 0.304 e. The second-order valence-corrected chi connectivity index (χ2v) is 5.17. The van der Waals surface area contributed by atoms with Gasteiger partial charge in [0, 0.05) is 18.1 Å². The highest BCUT2D eigenvalue weighted by Gasteiger charge is 2.19. The topological polar surface area (TPSA) is 82.5 Å². The predicted molar refractivity (Wildman–Crippen MR) is 84.7 cm³/mol. The number of rotatable bonds is 6. The Labute approximate surface area is 128 Å². The molecule has 0 spiro atoms. The Morgan fingerprint density at radius 2 is 2.09 bits per heavy atom. The lowest BCUT2D eigenvalue weighted by molar-refractivity contribution is -0.137. The van der Waals surface area contributed by atoms with E-state index in [0.717, 1.165) is 10.9 Å². The van der Waals surface area contributed by atoms with Gasteiger partial charge in [-0.05, 0) is 38.2 Å². The van der Waals surface area contributed by atoms with E-state index in [0.29, 0.717) is 12.2 Å². The first kappa shape index (κ1) is 15.9. The highest BCUT2D eigenvalue weighted by molar-refractivity contribution is 6.02. The zero-order chi connectivity index (χ0) is 16.1. The minimum Gasteiger partial charge on any atom is -0.481 e. The number of aromatic nitrogens is 1. The number of nitrogens with one attached hydrogen (secondary N) is 1. The quantitative estimate of drug-likeness (QED) is 0.852. The van der Waals surface area contributed by atoms with Crippen molar-refractivity contribution in [3.8, 4) is 0 Å². The lowest BCUT2D eigenvalue weighted by Crippen LogP contribution is -2.40.